The summed E-state index contributed by atoms with van der Waals surface area (Å²) in [7, 11) is 2.13. The molecule has 0 saturated carbocycles. The van der Waals surface area contributed by atoms with E-state index in [2.05, 4.69) is 28.8 Å². The lowest BCUT2D eigenvalue weighted by atomic mass is 9.86. The van der Waals surface area contributed by atoms with E-state index in [1.807, 2.05) is 19.1 Å². The van der Waals surface area contributed by atoms with Gasteiger partial charge in [-0.2, -0.15) is 0 Å². The number of nitrogens with zero attached hydrogens (tertiary/aromatic N) is 3. The maximum Gasteiger partial charge on any atom is 0.307 e. The second kappa shape index (κ2) is 7.00. The van der Waals surface area contributed by atoms with Crippen LogP contribution in [0.25, 0.3) is 0 Å². The number of likely N-dealkylation sites (N-methyl/N-ethyl adjacent to an activating group) is 1. The highest BCUT2D eigenvalue weighted by Gasteiger charge is 2.37. The quantitative estimate of drug-likeness (QED) is 0.769. The van der Waals surface area contributed by atoms with Crippen LogP contribution >= 0.6 is 0 Å². The van der Waals surface area contributed by atoms with E-state index < -0.39 is 0 Å². The van der Waals surface area contributed by atoms with Crippen LogP contribution in [0, 0.1) is 0 Å². The Morgan fingerprint density at radius 3 is 2.48 bits per heavy atom. The Morgan fingerprint density at radius 2 is 1.90 bits per heavy atom. The summed E-state index contributed by atoms with van der Waals surface area (Å²) in [4.78, 5) is 20.9. The van der Waals surface area contributed by atoms with Gasteiger partial charge in [-0.3, -0.25) is 14.7 Å². The van der Waals surface area contributed by atoms with Crippen molar-refractivity contribution in [2.75, 3.05) is 39.8 Å². The number of aromatic nitrogens is 1. The molecule has 5 heteroatoms. The molecule has 0 amide bonds. The van der Waals surface area contributed by atoms with Gasteiger partial charge < -0.3 is 9.64 Å². The predicted octanol–water partition coefficient (Wildman–Crippen LogP) is 1.50. The summed E-state index contributed by atoms with van der Waals surface area (Å²) in [6, 6.07) is 4.00. The third-order valence-electron chi connectivity index (χ3n) is 4.30. The first-order valence-corrected chi connectivity index (χ1v) is 7.56. The molecule has 1 aromatic rings. The van der Waals surface area contributed by atoms with Crippen LogP contribution in [0.3, 0.4) is 0 Å². The second-order valence-corrected chi connectivity index (χ2v) is 5.78. The first-order valence-electron chi connectivity index (χ1n) is 7.56. The Labute approximate surface area is 126 Å². The fraction of sp³-hybridized carbons (Fsp3) is 0.625. The highest BCUT2D eigenvalue weighted by molar-refractivity contribution is 5.71. The van der Waals surface area contributed by atoms with E-state index in [0.29, 0.717) is 13.0 Å². The number of pyridine rings is 1. The van der Waals surface area contributed by atoms with Crippen molar-refractivity contribution in [2.45, 2.75) is 25.8 Å². The summed E-state index contributed by atoms with van der Waals surface area (Å²) in [5, 5.41) is 0. The van der Waals surface area contributed by atoms with E-state index in [1.165, 1.54) is 0 Å². The van der Waals surface area contributed by atoms with Gasteiger partial charge in [0, 0.05) is 38.6 Å². The molecule has 1 aliphatic rings. The Hall–Kier alpha value is -1.46. The van der Waals surface area contributed by atoms with Gasteiger partial charge in [0.05, 0.1) is 18.6 Å². The van der Waals surface area contributed by atoms with Gasteiger partial charge in [0.25, 0.3) is 0 Å². The predicted molar refractivity (Wildman–Crippen MR) is 81.9 cm³/mol. The molecule has 0 radical (unpaired) electrons. The molecule has 0 N–H and O–H groups in total. The van der Waals surface area contributed by atoms with Crippen molar-refractivity contribution in [3.05, 3.63) is 30.1 Å². The molecule has 21 heavy (non-hydrogen) atoms. The van der Waals surface area contributed by atoms with Crippen molar-refractivity contribution in [2.24, 2.45) is 0 Å². The van der Waals surface area contributed by atoms with Crippen molar-refractivity contribution < 1.29 is 9.53 Å². The minimum Gasteiger partial charge on any atom is -0.466 e. The lowest BCUT2D eigenvalue weighted by molar-refractivity contribution is -0.147. The molecule has 0 spiro atoms. The van der Waals surface area contributed by atoms with Crippen LogP contribution in [0.15, 0.2) is 24.5 Å². The fourth-order valence-corrected chi connectivity index (χ4v) is 2.90. The van der Waals surface area contributed by atoms with Gasteiger partial charge >= 0.3 is 5.97 Å². The van der Waals surface area contributed by atoms with Crippen molar-refractivity contribution in [1.29, 1.82) is 0 Å². The van der Waals surface area contributed by atoms with Crippen molar-refractivity contribution >= 4 is 5.97 Å². The SMILES string of the molecule is CCOC(=O)CC(C)(c1ccncc1)N1CCN(C)CC1. The third kappa shape index (κ3) is 3.80. The molecule has 1 aromatic heterocycles. The first kappa shape index (κ1) is 15.9. The zero-order valence-electron chi connectivity index (χ0n) is 13.2. The van der Waals surface area contributed by atoms with E-state index in [1.54, 1.807) is 12.4 Å². The topological polar surface area (TPSA) is 45.7 Å². The van der Waals surface area contributed by atoms with Crippen LogP contribution < -0.4 is 0 Å². The Morgan fingerprint density at radius 1 is 1.29 bits per heavy atom. The minimum absolute atomic E-state index is 0.143. The summed E-state index contributed by atoms with van der Waals surface area (Å²) < 4.78 is 5.18. The summed E-state index contributed by atoms with van der Waals surface area (Å²) in [6.45, 7) is 8.34. The van der Waals surface area contributed by atoms with Gasteiger partial charge in [-0.05, 0) is 38.6 Å². The minimum atomic E-state index is -0.337. The van der Waals surface area contributed by atoms with Gasteiger partial charge in [0.2, 0.25) is 0 Å². The maximum absolute atomic E-state index is 12.1. The monoisotopic (exact) mass is 291 g/mol. The highest BCUT2D eigenvalue weighted by atomic mass is 16.5. The Kier molecular flexibility index (Phi) is 5.31. The number of hydrogen-bond acceptors (Lipinski definition) is 5. The number of esters is 1. The fourth-order valence-electron chi connectivity index (χ4n) is 2.90. The summed E-state index contributed by atoms with van der Waals surface area (Å²) >= 11 is 0. The number of rotatable bonds is 5. The van der Waals surface area contributed by atoms with E-state index in [-0.39, 0.29) is 11.5 Å². The van der Waals surface area contributed by atoms with E-state index in [0.717, 1.165) is 31.7 Å². The summed E-state index contributed by atoms with van der Waals surface area (Å²) in [5.74, 6) is -0.143. The van der Waals surface area contributed by atoms with Crippen LogP contribution in [0.4, 0.5) is 0 Å². The van der Waals surface area contributed by atoms with Crippen LogP contribution in [0.1, 0.15) is 25.8 Å². The molecule has 1 saturated heterocycles. The van der Waals surface area contributed by atoms with E-state index in [9.17, 15) is 4.79 Å². The molecule has 2 heterocycles. The van der Waals surface area contributed by atoms with Gasteiger partial charge in [-0.15, -0.1) is 0 Å². The molecule has 0 bridgehead atoms. The number of carbonyl (C=O) groups excluding carboxylic acids is 1. The summed E-state index contributed by atoms with van der Waals surface area (Å²) in [5.41, 5.74) is 0.784. The molecule has 116 valence electrons. The molecule has 1 aliphatic heterocycles. The number of ether oxygens (including phenoxy) is 1. The van der Waals surface area contributed by atoms with Crippen LogP contribution in [-0.2, 0) is 15.1 Å². The van der Waals surface area contributed by atoms with Crippen LogP contribution in [-0.4, -0.2) is 60.6 Å². The maximum atomic E-state index is 12.1. The average molecular weight is 291 g/mol. The highest BCUT2D eigenvalue weighted by Crippen LogP contribution is 2.32. The van der Waals surface area contributed by atoms with Gasteiger partial charge in [-0.25, -0.2) is 0 Å². The lowest BCUT2D eigenvalue weighted by Crippen LogP contribution is -2.54. The molecule has 1 fully saturated rings. The molecule has 1 unspecified atom stereocenters. The molecular formula is C16H25N3O2. The Balaban J connectivity index is 2.23. The van der Waals surface area contributed by atoms with Crippen molar-refractivity contribution in [3.8, 4) is 0 Å². The van der Waals surface area contributed by atoms with E-state index >= 15 is 0 Å². The molecule has 2 rings (SSSR count). The van der Waals surface area contributed by atoms with Crippen molar-refractivity contribution in [1.82, 2.24) is 14.8 Å². The smallest absolute Gasteiger partial charge is 0.307 e. The largest absolute Gasteiger partial charge is 0.466 e. The third-order valence-corrected chi connectivity index (χ3v) is 4.30. The number of carbonyl (C=O) groups is 1. The molecule has 1 atom stereocenters. The summed E-state index contributed by atoms with van der Waals surface area (Å²) in [6.07, 6.45) is 3.94. The van der Waals surface area contributed by atoms with Crippen LogP contribution in [0.2, 0.25) is 0 Å². The van der Waals surface area contributed by atoms with Gasteiger partial charge in [0.1, 0.15) is 0 Å². The number of hydrogen-bond donors (Lipinski definition) is 0. The number of piperazine rings is 1. The van der Waals surface area contributed by atoms with Crippen LogP contribution in [0.5, 0.6) is 0 Å². The zero-order chi connectivity index (χ0) is 15.3. The van der Waals surface area contributed by atoms with Gasteiger partial charge in [0.15, 0.2) is 0 Å². The van der Waals surface area contributed by atoms with Crippen molar-refractivity contribution in [3.63, 3.8) is 0 Å². The molecular weight excluding hydrogens is 266 g/mol. The second-order valence-electron chi connectivity index (χ2n) is 5.78. The lowest BCUT2D eigenvalue weighted by Gasteiger charge is -2.45. The normalized spacial score (nSPS) is 20.0. The molecule has 0 aromatic carbocycles. The van der Waals surface area contributed by atoms with E-state index in [4.69, 9.17) is 4.74 Å². The Bertz CT molecular complexity index is 458. The standard InChI is InChI=1S/C16H25N3O2/c1-4-21-15(20)13-16(2,14-5-7-17-8-6-14)19-11-9-18(3)10-12-19/h5-8H,4,9-13H2,1-3H3. The van der Waals surface area contributed by atoms with Gasteiger partial charge in [-0.1, -0.05) is 0 Å². The molecule has 5 nitrogen and oxygen atoms in total. The molecule has 0 aliphatic carbocycles. The zero-order valence-corrected chi connectivity index (χ0v) is 13.2. The first-order chi connectivity index (χ1) is 10.1. The average Bonchev–Trinajstić information content (AvgIpc) is 2.49.